The Morgan fingerprint density at radius 2 is 2.04 bits per heavy atom. The maximum atomic E-state index is 11.4. The Balaban J connectivity index is 1.74. The van der Waals surface area contributed by atoms with Crippen LogP contribution in [0.2, 0.25) is 0 Å². The first kappa shape index (κ1) is 18.9. The van der Waals surface area contributed by atoms with E-state index >= 15 is 0 Å². The number of nitrogens with one attached hydrogen (secondary N) is 2. The lowest BCUT2D eigenvalue weighted by Gasteiger charge is -2.27. The molecule has 1 unspecified atom stereocenters. The summed E-state index contributed by atoms with van der Waals surface area (Å²) in [6, 6.07) is 0. The molecular formula is C15H30N4O2S2. The van der Waals surface area contributed by atoms with E-state index in [1.807, 2.05) is 11.8 Å². The molecular weight excluding hydrogens is 332 g/mol. The first-order valence-corrected chi connectivity index (χ1v) is 11.3. The van der Waals surface area contributed by atoms with Crippen LogP contribution in [0.1, 0.15) is 26.7 Å². The Labute approximate surface area is 144 Å². The van der Waals surface area contributed by atoms with E-state index in [2.05, 4.69) is 29.4 Å². The molecule has 2 aliphatic heterocycles. The molecule has 0 amide bonds. The van der Waals surface area contributed by atoms with Crippen LogP contribution < -0.4 is 10.6 Å². The van der Waals surface area contributed by atoms with Crippen molar-refractivity contribution < 1.29 is 8.42 Å². The van der Waals surface area contributed by atoms with Crippen LogP contribution in [-0.2, 0) is 9.84 Å². The number of hydrogen-bond donors (Lipinski definition) is 2. The molecule has 2 heterocycles. The molecule has 2 N–H and O–H groups in total. The molecule has 0 radical (unpaired) electrons. The van der Waals surface area contributed by atoms with E-state index in [9.17, 15) is 8.42 Å². The molecule has 0 aromatic carbocycles. The van der Waals surface area contributed by atoms with Gasteiger partial charge in [-0.3, -0.25) is 9.89 Å². The molecule has 0 aromatic heterocycles. The van der Waals surface area contributed by atoms with Gasteiger partial charge in [-0.1, -0.05) is 0 Å². The number of thioether (sulfide) groups is 1. The maximum Gasteiger partial charge on any atom is 0.191 e. The molecule has 2 fully saturated rings. The van der Waals surface area contributed by atoms with Gasteiger partial charge < -0.3 is 10.6 Å². The Morgan fingerprint density at radius 3 is 2.65 bits per heavy atom. The third kappa shape index (κ3) is 6.51. The molecule has 0 aromatic rings. The van der Waals surface area contributed by atoms with Gasteiger partial charge in [0.2, 0.25) is 0 Å². The highest BCUT2D eigenvalue weighted by atomic mass is 32.2. The van der Waals surface area contributed by atoms with E-state index in [4.69, 9.17) is 4.99 Å². The van der Waals surface area contributed by atoms with Gasteiger partial charge in [0.15, 0.2) is 15.8 Å². The molecule has 8 heteroatoms. The normalized spacial score (nSPS) is 28.7. The van der Waals surface area contributed by atoms with Crippen molar-refractivity contribution in [1.29, 1.82) is 0 Å². The number of hydrogen-bond acceptors (Lipinski definition) is 5. The van der Waals surface area contributed by atoms with Gasteiger partial charge in [-0.2, -0.15) is 11.8 Å². The van der Waals surface area contributed by atoms with Crippen molar-refractivity contribution in [2.45, 2.75) is 31.4 Å². The lowest BCUT2D eigenvalue weighted by atomic mass is 10.1. The zero-order valence-electron chi connectivity index (χ0n) is 14.3. The van der Waals surface area contributed by atoms with Crippen LogP contribution in [-0.4, -0.2) is 80.6 Å². The fourth-order valence-corrected chi connectivity index (χ4v) is 5.36. The van der Waals surface area contributed by atoms with Crippen molar-refractivity contribution in [3.8, 4) is 0 Å². The second-order valence-corrected chi connectivity index (χ2v) is 10.5. The van der Waals surface area contributed by atoms with E-state index in [1.54, 1.807) is 0 Å². The van der Waals surface area contributed by atoms with E-state index in [1.165, 1.54) is 18.6 Å². The van der Waals surface area contributed by atoms with E-state index < -0.39 is 9.84 Å². The third-order valence-corrected chi connectivity index (χ3v) is 7.51. The molecule has 2 aliphatic rings. The standard InChI is InChI=1S/C15H30N4O2S2/c1-3-16-14(18-13-15(2)5-4-10-22-15)17-6-7-19-8-11-23(20,21)12-9-19/h3-13H2,1-2H3,(H2,16,17,18). The minimum Gasteiger partial charge on any atom is -0.357 e. The van der Waals surface area contributed by atoms with Crippen molar-refractivity contribution in [2.75, 3.05) is 56.5 Å². The van der Waals surface area contributed by atoms with Crippen molar-refractivity contribution in [3.63, 3.8) is 0 Å². The molecule has 2 rings (SSSR count). The predicted octanol–water partition coefficient (Wildman–Crippen LogP) is 0.558. The Kier molecular flexibility index (Phi) is 7.03. The predicted molar refractivity (Wildman–Crippen MR) is 99.2 cm³/mol. The van der Waals surface area contributed by atoms with Crippen LogP contribution >= 0.6 is 11.8 Å². The molecule has 6 nitrogen and oxygen atoms in total. The molecule has 134 valence electrons. The smallest absolute Gasteiger partial charge is 0.191 e. The van der Waals surface area contributed by atoms with E-state index in [0.717, 1.165) is 32.1 Å². The number of sulfone groups is 1. The summed E-state index contributed by atoms with van der Waals surface area (Å²) in [7, 11) is -2.79. The summed E-state index contributed by atoms with van der Waals surface area (Å²) in [6.07, 6.45) is 2.53. The summed E-state index contributed by atoms with van der Waals surface area (Å²) in [5.74, 6) is 2.69. The zero-order valence-corrected chi connectivity index (χ0v) is 15.9. The zero-order chi connectivity index (χ0) is 16.8. The van der Waals surface area contributed by atoms with Gasteiger partial charge in [-0.15, -0.1) is 0 Å². The van der Waals surface area contributed by atoms with Crippen LogP contribution in [0.3, 0.4) is 0 Å². The summed E-state index contributed by atoms with van der Waals surface area (Å²) in [6.45, 7) is 8.98. The van der Waals surface area contributed by atoms with Crippen LogP contribution in [0.25, 0.3) is 0 Å². The highest BCUT2D eigenvalue weighted by molar-refractivity contribution is 8.00. The van der Waals surface area contributed by atoms with Crippen molar-refractivity contribution in [2.24, 2.45) is 4.99 Å². The van der Waals surface area contributed by atoms with E-state index in [0.29, 0.717) is 13.1 Å². The first-order chi connectivity index (χ1) is 10.9. The maximum absolute atomic E-state index is 11.4. The minimum absolute atomic E-state index is 0.281. The minimum atomic E-state index is -2.79. The summed E-state index contributed by atoms with van der Waals surface area (Å²) in [4.78, 5) is 6.93. The van der Waals surface area contributed by atoms with Crippen LogP contribution in [0, 0.1) is 0 Å². The van der Waals surface area contributed by atoms with Gasteiger partial charge in [-0.05, 0) is 32.4 Å². The number of rotatable bonds is 6. The van der Waals surface area contributed by atoms with Crippen LogP contribution in [0.4, 0.5) is 0 Å². The van der Waals surface area contributed by atoms with Crippen molar-refractivity contribution >= 4 is 27.6 Å². The van der Waals surface area contributed by atoms with Crippen molar-refractivity contribution in [3.05, 3.63) is 0 Å². The molecule has 2 saturated heterocycles. The molecule has 0 bridgehead atoms. The summed E-state index contributed by atoms with van der Waals surface area (Å²) >= 11 is 2.02. The first-order valence-electron chi connectivity index (χ1n) is 8.51. The Hall–Kier alpha value is -0.470. The topological polar surface area (TPSA) is 73.8 Å². The molecule has 23 heavy (non-hydrogen) atoms. The second kappa shape index (κ2) is 8.58. The molecule has 0 spiro atoms. The van der Waals surface area contributed by atoms with Gasteiger partial charge >= 0.3 is 0 Å². The van der Waals surface area contributed by atoms with Crippen molar-refractivity contribution in [1.82, 2.24) is 15.5 Å². The van der Waals surface area contributed by atoms with Gasteiger partial charge in [0.25, 0.3) is 0 Å². The van der Waals surface area contributed by atoms with Gasteiger partial charge in [0.05, 0.1) is 18.1 Å². The van der Waals surface area contributed by atoms with Gasteiger partial charge in [-0.25, -0.2) is 8.42 Å². The van der Waals surface area contributed by atoms with E-state index in [-0.39, 0.29) is 16.3 Å². The lowest BCUT2D eigenvalue weighted by Crippen LogP contribution is -2.46. The van der Waals surface area contributed by atoms with Crippen LogP contribution in [0.5, 0.6) is 0 Å². The van der Waals surface area contributed by atoms with Crippen LogP contribution in [0.15, 0.2) is 4.99 Å². The highest BCUT2D eigenvalue weighted by Crippen LogP contribution is 2.37. The largest absolute Gasteiger partial charge is 0.357 e. The summed E-state index contributed by atoms with van der Waals surface area (Å²) in [5, 5.41) is 6.66. The Bertz CT molecular complexity index is 488. The SMILES string of the molecule is CCNC(=NCC1(C)CCCS1)NCCN1CCS(=O)(=O)CC1. The number of aliphatic imine (C=N–C) groups is 1. The fourth-order valence-electron chi connectivity index (χ4n) is 2.86. The monoisotopic (exact) mass is 362 g/mol. The highest BCUT2D eigenvalue weighted by Gasteiger charge is 2.29. The average Bonchev–Trinajstić information content (AvgIpc) is 2.94. The van der Waals surface area contributed by atoms with Gasteiger partial charge in [0, 0.05) is 37.5 Å². The lowest BCUT2D eigenvalue weighted by molar-refractivity contribution is 0.299. The quantitative estimate of drug-likeness (QED) is 0.531. The molecule has 0 aliphatic carbocycles. The number of nitrogens with zero attached hydrogens (tertiary/aromatic N) is 2. The summed E-state index contributed by atoms with van der Waals surface area (Å²) < 4.78 is 23.1. The molecule has 0 saturated carbocycles. The summed E-state index contributed by atoms with van der Waals surface area (Å²) in [5.41, 5.74) is 0. The third-order valence-electron chi connectivity index (χ3n) is 4.37. The fraction of sp³-hybridized carbons (Fsp3) is 0.933. The second-order valence-electron chi connectivity index (χ2n) is 6.52. The average molecular weight is 363 g/mol. The van der Waals surface area contributed by atoms with Gasteiger partial charge in [0.1, 0.15) is 0 Å². The number of guanidine groups is 1. The Morgan fingerprint density at radius 1 is 1.30 bits per heavy atom. The molecule has 1 atom stereocenters.